The van der Waals surface area contributed by atoms with Crippen LogP contribution in [0.4, 0.5) is 17.1 Å². The first-order valence-electron chi connectivity index (χ1n) is 22.0. The second kappa shape index (κ2) is 11.2. The molecule has 14 rings (SSSR count). The highest BCUT2D eigenvalue weighted by Gasteiger charge is 2.60. The van der Waals surface area contributed by atoms with E-state index in [2.05, 4.69) is 146 Å². The van der Waals surface area contributed by atoms with Crippen LogP contribution in [0.25, 0.3) is 33.4 Å². The third-order valence-corrected chi connectivity index (χ3v) is 16.9. The maximum atomic E-state index is 2.68. The van der Waals surface area contributed by atoms with Gasteiger partial charge in [0.2, 0.25) is 0 Å². The van der Waals surface area contributed by atoms with Gasteiger partial charge in [0.1, 0.15) is 0 Å². The van der Waals surface area contributed by atoms with E-state index in [1.54, 1.807) is 22.3 Å². The van der Waals surface area contributed by atoms with Crippen molar-refractivity contribution >= 4 is 17.1 Å². The summed E-state index contributed by atoms with van der Waals surface area (Å²) in [5.41, 5.74) is 22.0. The average molecular weight is 726 g/mol. The topological polar surface area (TPSA) is 3.24 Å². The highest BCUT2D eigenvalue weighted by atomic mass is 15.1. The minimum absolute atomic E-state index is 0.0761. The molecule has 0 aromatic heterocycles. The van der Waals surface area contributed by atoms with Gasteiger partial charge in [-0.1, -0.05) is 130 Å². The lowest BCUT2D eigenvalue weighted by molar-refractivity contribution is 0.0618. The molecule has 6 aromatic rings. The summed E-state index contributed by atoms with van der Waals surface area (Å²) in [5.74, 6) is 3.29. The summed E-state index contributed by atoms with van der Waals surface area (Å²) in [4.78, 5) is 2.68. The van der Waals surface area contributed by atoms with Gasteiger partial charge >= 0.3 is 0 Å². The van der Waals surface area contributed by atoms with E-state index in [0.29, 0.717) is 0 Å². The van der Waals surface area contributed by atoms with Crippen LogP contribution in [0.5, 0.6) is 0 Å². The van der Waals surface area contributed by atoms with Crippen LogP contribution >= 0.6 is 0 Å². The average Bonchev–Trinajstić information content (AvgIpc) is 3.92. The molecule has 5 atom stereocenters. The first kappa shape index (κ1) is 32.2. The Morgan fingerprint density at radius 2 is 1.09 bits per heavy atom. The maximum Gasteiger partial charge on any atom is 0.0543 e. The Hall–Kier alpha value is -4.88. The second-order valence-corrected chi connectivity index (χ2v) is 19.6. The quantitative estimate of drug-likeness (QED) is 0.176. The van der Waals surface area contributed by atoms with Crippen molar-refractivity contribution in [3.05, 3.63) is 161 Å². The van der Waals surface area contributed by atoms with E-state index in [0.717, 1.165) is 23.7 Å². The first-order chi connectivity index (χ1) is 27.5. The van der Waals surface area contributed by atoms with E-state index < -0.39 is 0 Å². The van der Waals surface area contributed by atoms with Gasteiger partial charge in [0.15, 0.2) is 0 Å². The summed E-state index contributed by atoms with van der Waals surface area (Å²) in [6.07, 6.45) is 13.6. The van der Waals surface area contributed by atoms with E-state index in [1.165, 1.54) is 126 Å². The van der Waals surface area contributed by atoms with Gasteiger partial charge in [-0.2, -0.15) is 0 Å². The minimum Gasteiger partial charge on any atom is -0.310 e. The second-order valence-electron chi connectivity index (χ2n) is 19.6. The highest BCUT2D eigenvalue weighted by molar-refractivity contribution is 5.97. The fourth-order valence-corrected chi connectivity index (χ4v) is 14.9. The largest absolute Gasteiger partial charge is 0.310 e. The molecule has 1 nitrogen and oxygen atoms in total. The van der Waals surface area contributed by atoms with Gasteiger partial charge in [0, 0.05) is 33.2 Å². The van der Waals surface area contributed by atoms with Crippen LogP contribution in [0.15, 0.2) is 127 Å². The van der Waals surface area contributed by atoms with E-state index >= 15 is 0 Å². The van der Waals surface area contributed by atoms with Crippen LogP contribution in [-0.4, -0.2) is 0 Å². The molecule has 0 heterocycles. The van der Waals surface area contributed by atoms with Crippen molar-refractivity contribution in [3.63, 3.8) is 0 Å². The molecule has 0 aliphatic heterocycles. The number of rotatable bonds is 3. The van der Waals surface area contributed by atoms with Crippen molar-refractivity contribution in [2.24, 2.45) is 23.7 Å². The minimum atomic E-state index is -0.0761. The zero-order valence-electron chi connectivity index (χ0n) is 33.0. The van der Waals surface area contributed by atoms with Crippen LogP contribution in [0.1, 0.15) is 111 Å². The summed E-state index contributed by atoms with van der Waals surface area (Å²) >= 11 is 0. The Kier molecular flexibility index (Phi) is 6.42. The van der Waals surface area contributed by atoms with E-state index in [9.17, 15) is 0 Å². The summed E-state index contributed by atoms with van der Waals surface area (Å²) in [6, 6.07) is 50.7. The third kappa shape index (κ3) is 3.93. The lowest BCUT2D eigenvalue weighted by atomic mass is 9.51. The molecule has 8 aliphatic rings. The third-order valence-electron chi connectivity index (χ3n) is 16.9. The monoisotopic (exact) mass is 725 g/mol. The molecule has 5 fully saturated rings. The van der Waals surface area contributed by atoms with Crippen LogP contribution < -0.4 is 4.90 Å². The summed E-state index contributed by atoms with van der Waals surface area (Å²) in [5, 5.41) is 0. The molecular formula is C55H51N. The Labute approximate surface area is 332 Å². The van der Waals surface area contributed by atoms with Crippen molar-refractivity contribution in [1.82, 2.24) is 0 Å². The number of nitrogens with zero attached hydrogens (tertiary/aromatic N) is 1. The van der Waals surface area contributed by atoms with Crippen LogP contribution in [0.2, 0.25) is 0 Å². The summed E-state index contributed by atoms with van der Waals surface area (Å²) < 4.78 is 0. The number of anilines is 3. The molecular weight excluding hydrogens is 675 g/mol. The van der Waals surface area contributed by atoms with Gasteiger partial charge in [0.05, 0.1) is 5.69 Å². The van der Waals surface area contributed by atoms with E-state index in [4.69, 9.17) is 0 Å². The standard InChI is InChI=1S/C55H51N/c1-53(2)45-15-6-3-12-40(45)42-24-22-39(33-50(42)53)56(38-23-25-47-44(32-38)41-13-4-7-16-46(41)54(47)26-9-10-27-54)51-19-11-18-49-52(51)43-14-5-8-17-48(43)55(49)36-21-20-34-28-35(30-36)31-37(55)29-34/h3-8,11-19,22-25,32-37H,9-10,20-21,26-31H2,1-2H3. The normalized spacial score (nSPS) is 27.1. The van der Waals surface area contributed by atoms with Crippen molar-refractivity contribution in [3.8, 4) is 33.4 Å². The van der Waals surface area contributed by atoms with E-state index in [-0.39, 0.29) is 16.2 Å². The first-order valence-corrected chi connectivity index (χ1v) is 22.0. The SMILES string of the molecule is CC1(C)c2ccccc2-c2ccc(N(c3ccc4c(c3)-c3ccccc3C43CCCC3)c3cccc4c3-c3ccccc3C43C4CCC5CC(C4)CC3C5)cc21. The predicted molar refractivity (Wildman–Crippen MR) is 231 cm³/mol. The molecule has 2 spiro atoms. The molecule has 5 saturated carbocycles. The summed E-state index contributed by atoms with van der Waals surface area (Å²) in [6.45, 7) is 4.85. The van der Waals surface area contributed by atoms with Gasteiger partial charge in [-0.15, -0.1) is 0 Å². The Morgan fingerprint density at radius 1 is 0.464 bits per heavy atom. The van der Waals surface area contributed by atoms with Gasteiger partial charge < -0.3 is 4.90 Å². The molecule has 5 unspecified atom stereocenters. The molecule has 0 radical (unpaired) electrons. The van der Waals surface area contributed by atoms with Crippen molar-refractivity contribution in [1.29, 1.82) is 0 Å². The van der Waals surface area contributed by atoms with E-state index in [1.807, 2.05) is 0 Å². The van der Waals surface area contributed by atoms with Crippen molar-refractivity contribution in [2.45, 2.75) is 94.3 Å². The van der Waals surface area contributed by atoms with Crippen LogP contribution in [-0.2, 0) is 16.2 Å². The molecule has 0 amide bonds. The highest BCUT2D eigenvalue weighted by Crippen LogP contribution is 2.69. The van der Waals surface area contributed by atoms with Gasteiger partial charge in [0.25, 0.3) is 0 Å². The molecule has 0 saturated heterocycles. The van der Waals surface area contributed by atoms with Crippen LogP contribution in [0, 0.1) is 23.7 Å². The fourth-order valence-electron chi connectivity index (χ4n) is 14.9. The zero-order chi connectivity index (χ0) is 37.0. The number of fused-ring (bicyclic) bond motifs is 12. The molecule has 0 N–H and O–H groups in total. The number of benzene rings is 6. The lowest BCUT2D eigenvalue weighted by Gasteiger charge is -2.53. The van der Waals surface area contributed by atoms with Gasteiger partial charge in [-0.3, -0.25) is 0 Å². The maximum absolute atomic E-state index is 2.68. The molecule has 6 aromatic carbocycles. The zero-order valence-corrected chi connectivity index (χ0v) is 33.0. The Balaban J connectivity index is 1.07. The number of hydrogen-bond acceptors (Lipinski definition) is 1. The molecule has 56 heavy (non-hydrogen) atoms. The van der Waals surface area contributed by atoms with Crippen molar-refractivity contribution < 1.29 is 0 Å². The molecule has 4 bridgehead atoms. The Bertz CT molecular complexity index is 2630. The lowest BCUT2D eigenvalue weighted by Crippen LogP contribution is -2.48. The van der Waals surface area contributed by atoms with Gasteiger partial charge in [-0.25, -0.2) is 0 Å². The van der Waals surface area contributed by atoms with Crippen molar-refractivity contribution in [2.75, 3.05) is 4.90 Å². The summed E-state index contributed by atoms with van der Waals surface area (Å²) in [7, 11) is 0. The van der Waals surface area contributed by atoms with Gasteiger partial charge in [-0.05, 0) is 160 Å². The number of hydrogen-bond donors (Lipinski definition) is 0. The smallest absolute Gasteiger partial charge is 0.0543 e. The Morgan fingerprint density at radius 3 is 1.93 bits per heavy atom. The molecule has 1 heteroatoms. The van der Waals surface area contributed by atoms with Crippen LogP contribution in [0.3, 0.4) is 0 Å². The fraction of sp³-hybridized carbons (Fsp3) is 0.345. The molecule has 276 valence electrons. The predicted octanol–water partition coefficient (Wildman–Crippen LogP) is 14.4. The molecule has 8 aliphatic carbocycles.